The van der Waals surface area contributed by atoms with Gasteiger partial charge in [0.05, 0.1) is 5.56 Å². The zero-order valence-electron chi connectivity index (χ0n) is 13.1. The number of rotatable bonds is 5. The van der Waals surface area contributed by atoms with Crippen molar-refractivity contribution in [1.82, 2.24) is 0 Å². The van der Waals surface area contributed by atoms with Gasteiger partial charge in [-0.25, -0.2) is 0 Å². The zero-order valence-corrected chi connectivity index (χ0v) is 13.9. The van der Waals surface area contributed by atoms with Crippen molar-refractivity contribution < 1.29 is 9.90 Å². The molecule has 0 saturated heterocycles. The molecule has 1 aromatic heterocycles. The van der Waals surface area contributed by atoms with Crippen LogP contribution in [0.15, 0.2) is 47.4 Å². The van der Waals surface area contributed by atoms with Crippen molar-refractivity contribution in [3.63, 3.8) is 0 Å². The molecule has 0 unspecified atom stereocenters. The van der Waals surface area contributed by atoms with Crippen LogP contribution in [0.5, 0.6) is 5.75 Å². The van der Waals surface area contributed by atoms with Crippen molar-refractivity contribution >= 4 is 23.2 Å². The summed E-state index contributed by atoms with van der Waals surface area (Å²) in [5.74, 6) is -0.0809. The van der Waals surface area contributed by atoms with Crippen LogP contribution in [0.2, 0.25) is 0 Å². The fourth-order valence-electron chi connectivity index (χ4n) is 2.13. The van der Waals surface area contributed by atoms with E-state index in [0.29, 0.717) is 12.0 Å². The lowest BCUT2D eigenvalue weighted by Crippen LogP contribution is -1.99. The van der Waals surface area contributed by atoms with Crippen LogP contribution in [0.3, 0.4) is 0 Å². The van der Waals surface area contributed by atoms with Crippen molar-refractivity contribution in [3.8, 4) is 5.75 Å². The normalized spacial score (nSPS) is 10.9. The first-order chi connectivity index (χ1) is 10.5. The highest BCUT2D eigenvalue weighted by Gasteiger charge is 2.13. The lowest BCUT2D eigenvalue weighted by molar-refractivity contribution is 0.104. The van der Waals surface area contributed by atoms with E-state index < -0.39 is 0 Å². The Morgan fingerprint density at radius 3 is 2.68 bits per heavy atom. The summed E-state index contributed by atoms with van der Waals surface area (Å²) >= 11 is 1.57. The molecule has 1 aromatic carbocycles. The summed E-state index contributed by atoms with van der Waals surface area (Å²) in [6, 6.07) is 7.47. The van der Waals surface area contributed by atoms with Crippen molar-refractivity contribution in [2.45, 2.75) is 27.2 Å². The standard InChI is InChI=1S/C19H20O2S/c1-13(2)6-9-16-14(3)7-10-17(19(16)21)18(20)11-8-15-5-4-12-22-15/h4-8,10-12,21H,9H2,1-3H3. The maximum Gasteiger partial charge on any atom is 0.189 e. The van der Waals surface area contributed by atoms with E-state index in [1.54, 1.807) is 23.5 Å². The number of hydrogen-bond acceptors (Lipinski definition) is 3. The SMILES string of the molecule is CC(C)=CCc1c(C)ccc(C(=O)C=Cc2cccs2)c1O. The molecule has 2 nitrogen and oxygen atoms in total. The molecule has 0 spiro atoms. The molecular weight excluding hydrogens is 292 g/mol. The minimum Gasteiger partial charge on any atom is -0.507 e. The maximum atomic E-state index is 12.3. The highest BCUT2D eigenvalue weighted by Crippen LogP contribution is 2.28. The monoisotopic (exact) mass is 312 g/mol. The highest BCUT2D eigenvalue weighted by molar-refractivity contribution is 7.10. The van der Waals surface area contributed by atoms with Gasteiger partial charge in [-0.2, -0.15) is 0 Å². The second-order valence-corrected chi connectivity index (χ2v) is 6.44. The number of carbonyl (C=O) groups excluding carboxylic acids is 1. The van der Waals surface area contributed by atoms with Gasteiger partial charge >= 0.3 is 0 Å². The third-order valence-electron chi connectivity index (χ3n) is 3.44. The van der Waals surface area contributed by atoms with Crippen LogP contribution in [0.25, 0.3) is 6.08 Å². The summed E-state index contributed by atoms with van der Waals surface area (Å²) in [6.45, 7) is 5.99. The molecule has 2 rings (SSSR count). The summed E-state index contributed by atoms with van der Waals surface area (Å²) in [7, 11) is 0. The number of phenols is 1. The number of thiophene rings is 1. The number of benzene rings is 1. The van der Waals surface area contributed by atoms with Gasteiger partial charge in [-0.3, -0.25) is 4.79 Å². The first-order valence-electron chi connectivity index (χ1n) is 7.19. The van der Waals surface area contributed by atoms with Crippen molar-refractivity contribution in [2.75, 3.05) is 0 Å². The Hall–Kier alpha value is -2.13. The molecule has 114 valence electrons. The molecule has 2 aromatic rings. The van der Waals surface area contributed by atoms with Crippen LogP contribution in [0, 0.1) is 6.92 Å². The Labute approximate surface area is 135 Å². The number of ketones is 1. The Balaban J connectivity index is 2.29. The van der Waals surface area contributed by atoms with Crippen molar-refractivity contribution in [1.29, 1.82) is 0 Å². The largest absolute Gasteiger partial charge is 0.507 e. The van der Waals surface area contributed by atoms with Gasteiger partial charge in [0.2, 0.25) is 0 Å². The molecule has 0 saturated carbocycles. The summed E-state index contributed by atoms with van der Waals surface area (Å²) in [6.07, 6.45) is 5.98. The van der Waals surface area contributed by atoms with E-state index >= 15 is 0 Å². The summed E-state index contributed by atoms with van der Waals surface area (Å²) < 4.78 is 0. The number of aromatic hydroxyl groups is 1. The molecule has 1 N–H and O–H groups in total. The summed E-state index contributed by atoms with van der Waals surface area (Å²) in [5, 5.41) is 12.4. The van der Waals surface area contributed by atoms with Crippen LogP contribution in [0.4, 0.5) is 0 Å². The molecule has 3 heteroatoms. The molecule has 0 bridgehead atoms. The smallest absolute Gasteiger partial charge is 0.189 e. The van der Waals surface area contributed by atoms with Gasteiger partial charge in [0, 0.05) is 10.4 Å². The van der Waals surface area contributed by atoms with Crippen LogP contribution in [0.1, 0.15) is 40.2 Å². The van der Waals surface area contributed by atoms with Gasteiger partial charge in [-0.15, -0.1) is 11.3 Å². The topological polar surface area (TPSA) is 37.3 Å². The first kappa shape index (κ1) is 16.2. The molecule has 0 aliphatic rings. The number of hydrogen-bond donors (Lipinski definition) is 1. The third kappa shape index (κ3) is 3.95. The molecule has 0 aliphatic heterocycles. The van der Waals surface area contributed by atoms with Crippen LogP contribution < -0.4 is 0 Å². The highest BCUT2D eigenvalue weighted by atomic mass is 32.1. The third-order valence-corrected chi connectivity index (χ3v) is 4.28. The van der Waals surface area contributed by atoms with E-state index in [1.165, 1.54) is 11.6 Å². The van der Waals surface area contributed by atoms with Crippen LogP contribution in [-0.2, 0) is 6.42 Å². The minimum atomic E-state index is -0.177. The van der Waals surface area contributed by atoms with Gasteiger partial charge in [0.25, 0.3) is 0 Å². The number of phenolic OH excluding ortho intramolecular Hbond substituents is 1. The fraction of sp³-hybridized carbons (Fsp3) is 0.211. The Bertz CT molecular complexity index is 718. The van der Waals surface area contributed by atoms with E-state index in [1.807, 2.05) is 44.4 Å². The van der Waals surface area contributed by atoms with Gasteiger partial charge < -0.3 is 5.11 Å². The molecule has 0 aliphatic carbocycles. The average Bonchev–Trinajstić information content (AvgIpc) is 2.97. The van der Waals surface area contributed by atoms with E-state index in [9.17, 15) is 9.90 Å². The molecule has 0 fully saturated rings. The summed E-state index contributed by atoms with van der Waals surface area (Å²) in [5.41, 5.74) is 3.36. The lowest BCUT2D eigenvalue weighted by Gasteiger charge is -2.10. The molecule has 22 heavy (non-hydrogen) atoms. The van der Waals surface area contributed by atoms with E-state index in [0.717, 1.165) is 16.0 Å². The Morgan fingerprint density at radius 1 is 1.27 bits per heavy atom. The second-order valence-electron chi connectivity index (χ2n) is 5.46. The quantitative estimate of drug-likeness (QED) is 0.470. The number of allylic oxidation sites excluding steroid dienone is 3. The Morgan fingerprint density at radius 2 is 2.05 bits per heavy atom. The lowest BCUT2D eigenvalue weighted by atomic mass is 9.97. The van der Waals surface area contributed by atoms with Crippen LogP contribution in [-0.4, -0.2) is 10.9 Å². The van der Waals surface area contributed by atoms with Crippen molar-refractivity contribution in [2.24, 2.45) is 0 Å². The van der Waals surface area contributed by atoms with E-state index in [2.05, 4.69) is 6.08 Å². The molecule has 0 atom stereocenters. The second kappa shape index (κ2) is 7.23. The maximum absolute atomic E-state index is 12.3. The predicted octanol–water partition coefficient (Wildman–Crippen LogP) is 5.17. The minimum absolute atomic E-state index is 0.0957. The van der Waals surface area contributed by atoms with Gasteiger partial charge in [0.1, 0.15) is 5.75 Å². The van der Waals surface area contributed by atoms with E-state index in [-0.39, 0.29) is 11.5 Å². The first-order valence-corrected chi connectivity index (χ1v) is 8.07. The van der Waals surface area contributed by atoms with Crippen LogP contribution >= 0.6 is 11.3 Å². The average molecular weight is 312 g/mol. The van der Waals surface area contributed by atoms with Crippen molar-refractivity contribution in [3.05, 3.63) is 68.9 Å². The Kier molecular flexibility index (Phi) is 5.34. The molecular formula is C19H20O2S. The number of carbonyl (C=O) groups is 1. The number of aryl methyl sites for hydroxylation is 1. The predicted molar refractivity (Wildman–Crippen MR) is 93.7 cm³/mol. The fourth-order valence-corrected chi connectivity index (χ4v) is 2.75. The molecule has 0 radical (unpaired) electrons. The molecule has 0 amide bonds. The zero-order chi connectivity index (χ0) is 16.1. The van der Waals surface area contributed by atoms with Gasteiger partial charge in [-0.1, -0.05) is 23.8 Å². The summed E-state index contributed by atoms with van der Waals surface area (Å²) in [4.78, 5) is 13.3. The van der Waals surface area contributed by atoms with Gasteiger partial charge in [0.15, 0.2) is 5.78 Å². The molecule has 1 heterocycles. The van der Waals surface area contributed by atoms with Gasteiger partial charge in [-0.05, 0) is 62.4 Å². The van der Waals surface area contributed by atoms with E-state index in [4.69, 9.17) is 0 Å².